The Morgan fingerprint density at radius 3 is 2.65 bits per heavy atom. The van der Waals surface area contributed by atoms with Gasteiger partial charge in [0.05, 0.1) is 17.9 Å². The molecule has 0 radical (unpaired) electrons. The van der Waals surface area contributed by atoms with Crippen LogP contribution < -0.4 is 10.6 Å². The Morgan fingerprint density at radius 2 is 1.91 bits per heavy atom. The first-order valence-corrected chi connectivity index (χ1v) is 8.50. The zero-order valence-electron chi connectivity index (χ0n) is 13.8. The lowest BCUT2D eigenvalue weighted by Crippen LogP contribution is -2.33. The monoisotopic (exact) mass is 318 g/mol. The molecule has 1 aromatic carbocycles. The van der Waals surface area contributed by atoms with E-state index in [4.69, 9.17) is 4.74 Å². The number of amides is 1. The third-order valence-electron chi connectivity index (χ3n) is 4.09. The van der Waals surface area contributed by atoms with Crippen molar-refractivity contribution in [2.45, 2.75) is 51.5 Å². The quantitative estimate of drug-likeness (QED) is 0.758. The van der Waals surface area contributed by atoms with Crippen LogP contribution in [0, 0.1) is 0 Å². The van der Waals surface area contributed by atoms with E-state index in [1.165, 1.54) is 32.1 Å². The molecule has 126 valence electrons. The number of para-hydroxylation sites is 1. The molecule has 5 nitrogen and oxygen atoms in total. The van der Waals surface area contributed by atoms with Gasteiger partial charge in [0.1, 0.15) is 0 Å². The number of rotatable bonds is 7. The van der Waals surface area contributed by atoms with Gasteiger partial charge in [0, 0.05) is 19.0 Å². The van der Waals surface area contributed by atoms with Crippen LogP contribution in [0.2, 0.25) is 0 Å². The lowest BCUT2D eigenvalue weighted by atomic mass is 9.95. The second-order valence-corrected chi connectivity index (χ2v) is 5.85. The smallest absolute Gasteiger partial charge is 0.340 e. The Morgan fingerprint density at radius 1 is 1.17 bits per heavy atom. The van der Waals surface area contributed by atoms with Gasteiger partial charge in [-0.05, 0) is 31.9 Å². The van der Waals surface area contributed by atoms with Gasteiger partial charge in [0.2, 0.25) is 5.91 Å². The molecule has 0 heterocycles. The van der Waals surface area contributed by atoms with Gasteiger partial charge in [0.25, 0.3) is 0 Å². The second kappa shape index (κ2) is 9.30. The summed E-state index contributed by atoms with van der Waals surface area (Å²) in [5, 5.41) is 6.25. The number of hydrogen-bond donors (Lipinski definition) is 2. The molecule has 23 heavy (non-hydrogen) atoms. The van der Waals surface area contributed by atoms with Crippen LogP contribution in [0.25, 0.3) is 0 Å². The van der Waals surface area contributed by atoms with Crippen LogP contribution in [-0.4, -0.2) is 31.1 Å². The summed E-state index contributed by atoms with van der Waals surface area (Å²) in [6.45, 7) is 2.74. The van der Waals surface area contributed by atoms with Crippen molar-refractivity contribution >= 4 is 17.6 Å². The molecule has 0 atom stereocenters. The third kappa shape index (κ3) is 5.67. The Balaban J connectivity index is 1.81. The van der Waals surface area contributed by atoms with Crippen LogP contribution >= 0.6 is 0 Å². The minimum absolute atomic E-state index is 0.0925. The van der Waals surface area contributed by atoms with Gasteiger partial charge < -0.3 is 15.4 Å². The molecule has 5 heteroatoms. The predicted octanol–water partition coefficient (Wildman–Crippen LogP) is 3.11. The summed E-state index contributed by atoms with van der Waals surface area (Å²) in [6.07, 6.45) is 6.67. The molecule has 0 aliphatic heterocycles. The molecule has 1 aliphatic rings. The van der Waals surface area contributed by atoms with Gasteiger partial charge in [0.15, 0.2) is 0 Å². The van der Waals surface area contributed by atoms with Gasteiger partial charge in [-0.1, -0.05) is 31.4 Å². The first-order chi connectivity index (χ1) is 11.2. The number of ether oxygens (including phenoxy) is 1. The molecule has 1 fully saturated rings. The average molecular weight is 318 g/mol. The van der Waals surface area contributed by atoms with E-state index in [-0.39, 0.29) is 5.91 Å². The fourth-order valence-corrected chi connectivity index (χ4v) is 2.89. The van der Waals surface area contributed by atoms with Crippen LogP contribution in [-0.2, 0) is 9.53 Å². The van der Waals surface area contributed by atoms with Crippen LogP contribution in [0.3, 0.4) is 0 Å². The highest BCUT2D eigenvalue weighted by molar-refractivity contribution is 6.01. The van der Waals surface area contributed by atoms with Crippen molar-refractivity contribution in [1.29, 1.82) is 0 Å². The summed E-state index contributed by atoms with van der Waals surface area (Å²) in [5.74, 6) is -0.506. The SMILES string of the molecule is CCOC(=O)c1ccccc1NC(=O)CCNC1CCCCC1. The molecule has 0 aromatic heterocycles. The fourth-order valence-electron chi connectivity index (χ4n) is 2.89. The van der Waals surface area contributed by atoms with Crippen molar-refractivity contribution in [3.05, 3.63) is 29.8 Å². The topological polar surface area (TPSA) is 67.4 Å². The molecule has 1 aliphatic carbocycles. The maximum Gasteiger partial charge on any atom is 0.340 e. The highest BCUT2D eigenvalue weighted by atomic mass is 16.5. The molecule has 2 rings (SSSR count). The largest absolute Gasteiger partial charge is 0.462 e. The lowest BCUT2D eigenvalue weighted by molar-refractivity contribution is -0.116. The van der Waals surface area contributed by atoms with Crippen molar-refractivity contribution in [2.24, 2.45) is 0 Å². The van der Waals surface area contributed by atoms with E-state index in [1.54, 1.807) is 31.2 Å². The average Bonchev–Trinajstić information content (AvgIpc) is 2.56. The first kappa shape index (κ1) is 17.5. The van der Waals surface area contributed by atoms with E-state index < -0.39 is 5.97 Å². The third-order valence-corrected chi connectivity index (χ3v) is 4.09. The Labute approximate surface area is 137 Å². The maximum atomic E-state index is 12.1. The van der Waals surface area contributed by atoms with Crippen molar-refractivity contribution in [1.82, 2.24) is 5.32 Å². The number of benzene rings is 1. The van der Waals surface area contributed by atoms with E-state index in [2.05, 4.69) is 10.6 Å². The summed E-state index contributed by atoms with van der Waals surface area (Å²) in [5.41, 5.74) is 0.900. The van der Waals surface area contributed by atoms with Gasteiger partial charge in [-0.3, -0.25) is 4.79 Å². The van der Waals surface area contributed by atoms with Crippen LogP contribution in [0.4, 0.5) is 5.69 Å². The van der Waals surface area contributed by atoms with E-state index in [9.17, 15) is 9.59 Å². The van der Waals surface area contributed by atoms with Crippen molar-refractivity contribution in [2.75, 3.05) is 18.5 Å². The highest BCUT2D eigenvalue weighted by Gasteiger charge is 2.15. The molecule has 0 unspecified atom stereocenters. The molecule has 0 spiro atoms. The van der Waals surface area contributed by atoms with Crippen LogP contribution in [0.15, 0.2) is 24.3 Å². The number of hydrogen-bond acceptors (Lipinski definition) is 4. The van der Waals surface area contributed by atoms with E-state index in [1.807, 2.05) is 0 Å². The summed E-state index contributed by atoms with van der Waals surface area (Å²) in [6, 6.07) is 7.47. The summed E-state index contributed by atoms with van der Waals surface area (Å²) >= 11 is 0. The van der Waals surface area contributed by atoms with Gasteiger partial charge in [-0.2, -0.15) is 0 Å². The molecule has 0 saturated heterocycles. The van der Waals surface area contributed by atoms with E-state index in [0.29, 0.717) is 36.9 Å². The zero-order valence-corrected chi connectivity index (χ0v) is 13.8. The minimum Gasteiger partial charge on any atom is -0.462 e. The van der Waals surface area contributed by atoms with Gasteiger partial charge in [-0.15, -0.1) is 0 Å². The summed E-state index contributed by atoms with van der Waals surface area (Å²) in [4.78, 5) is 24.0. The minimum atomic E-state index is -0.413. The molecular formula is C18H26N2O3. The number of esters is 1. The Hall–Kier alpha value is -1.88. The van der Waals surface area contributed by atoms with Gasteiger partial charge in [-0.25, -0.2) is 4.79 Å². The summed E-state index contributed by atoms with van der Waals surface area (Å²) < 4.78 is 5.01. The number of anilines is 1. The standard InChI is InChI=1S/C18H26N2O3/c1-2-23-18(22)15-10-6-7-11-16(15)20-17(21)12-13-19-14-8-4-3-5-9-14/h6-7,10-11,14,19H,2-5,8-9,12-13H2,1H3,(H,20,21). The highest BCUT2D eigenvalue weighted by Crippen LogP contribution is 2.18. The van der Waals surface area contributed by atoms with Crippen molar-refractivity contribution in [3.8, 4) is 0 Å². The zero-order chi connectivity index (χ0) is 16.5. The molecule has 1 saturated carbocycles. The molecule has 1 amide bonds. The Bertz CT molecular complexity index is 525. The van der Waals surface area contributed by atoms with Gasteiger partial charge >= 0.3 is 5.97 Å². The van der Waals surface area contributed by atoms with Crippen molar-refractivity contribution < 1.29 is 14.3 Å². The molecule has 0 bridgehead atoms. The predicted molar refractivity (Wildman–Crippen MR) is 90.5 cm³/mol. The maximum absolute atomic E-state index is 12.1. The number of carbonyl (C=O) groups is 2. The lowest BCUT2D eigenvalue weighted by Gasteiger charge is -2.22. The fraction of sp³-hybridized carbons (Fsp3) is 0.556. The molecule has 2 N–H and O–H groups in total. The number of carbonyl (C=O) groups excluding carboxylic acids is 2. The molecular weight excluding hydrogens is 292 g/mol. The van der Waals surface area contributed by atoms with Crippen molar-refractivity contribution in [3.63, 3.8) is 0 Å². The first-order valence-electron chi connectivity index (χ1n) is 8.50. The second-order valence-electron chi connectivity index (χ2n) is 5.85. The number of nitrogens with one attached hydrogen (secondary N) is 2. The van der Waals surface area contributed by atoms with E-state index >= 15 is 0 Å². The van der Waals surface area contributed by atoms with E-state index in [0.717, 1.165) is 0 Å². The molecule has 1 aromatic rings. The summed E-state index contributed by atoms with van der Waals surface area (Å²) in [7, 11) is 0. The van der Waals surface area contributed by atoms with Crippen LogP contribution in [0.5, 0.6) is 0 Å². The van der Waals surface area contributed by atoms with Crippen LogP contribution in [0.1, 0.15) is 55.8 Å². The Kier molecular flexibility index (Phi) is 7.07. The normalized spacial score (nSPS) is 15.2.